The molecule has 0 spiro atoms. The highest BCUT2D eigenvalue weighted by Crippen LogP contribution is 2.29. The molecule has 4 rings (SSSR count). The fourth-order valence-electron chi connectivity index (χ4n) is 3.27. The van der Waals surface area contributed by atoms with Gasteiger partial charge in [-0.3, -0.25) is 4.79 Å². The molecule has 0 bridgehead atoms. The van der Waals surface area contributed by atoms with Crippen LogP contribution in [0, 0.1) is 0 Å². The van der Waals surface area contributed by atoms with E-state index >= 15 is 0 Å². The third-order valence-corrected chi connectivity index (χ3v) is 4.91. The molecule has 140 valence electrons. The highest BCUT2D eigenvalue weighted by molar-refractivity contribution is 6.07. The van der Waals surface area contributed by atoms with E-state index in [1.807, 2.05) is 66.7 Å². The predicted octanol–water partition coefficient (Wildman–Crippen LogP) is 3.65. The zero-order chi connectivity index (χ0) is 19.7. The van der Waals surface area contributed by atoms with Crippen molar-refractivity contribution in [3.05, 3.63) is 77.9 Å². The van der Waals surface area contributed by atoms with Crippen molar-refractivity contribution in [3.8, 4) is 5.75 Å². The predicted molar refractivity (Wildman–Crippen MR) is 107 cm³/mol. The zero-order valence-electron chi connectivity index (χ0n) is 15.5. The molecule has 28 heavy (non-hydrogen) atoms. The molecule has 1 saturated heterocycles. The van der Waals surface area contributed by atoms with Crippen molar-refractivity contribution in [2.24, 2.45) is 5.10 Å². The second-order valence-corrected chi connectivity index (χ2v) is 6.76. The minimum atomic E-state index is -1.13. The Balaban J connectivity index is 1.60. The van der Waals surface area contributed by atoms with Gasteiger partial charge in [0.15, 0.2) is 0 Å². The average molecular weight is 373 g/mol. The van der Waals surface area contributed by atoms with Crippen molar-refractivity contribution in [2.45, 2.75) is 12.5 Å². The molecule has 1 aliphatic rings. The van der Waals surface area contributed by atoms with E-state index in [0.29, 0.717) is 5.56 Å². The number of nitrogens with one attached hydrogen (secondary N) is 1. The molecule has 1 N–H and O–H groups in total. The van der Waals surface area contributed by atoms with Gasteiger partial charge in [-0.15, -0.1) is 5.01 Å². The highest BCUT2D eigenvalue weighted by Gasteiger charge is 2.49. The molecule has 1 fully saturated rings. The first-order valence-corrected chi connectivity index (χ1v) is 8.85. The maximum absolute atomic E-state index is 12.9. The number of carbonyl (C=O) groups is 2. The summed E-state index contributed by atoms with van der Waals surface area (Å²) in [7, 11) is 1.63. The molecule has 3 aromatic rings. The van der Waals surface area contributed by atoms with Crippen LogP contribution < -0.4 is 10.1 Å². The number of ether oxygens (including phenoxy) is 1. The molecule has 0 aliphatic carbocycles. The second-order valence-electron chi connectivity index (χ2n) is 6.76. The smallest absolute Gasteiger partial charge is 0.346 e. The number of rotatable bonds is 4. The number of methoxy groups -OCH3 is 1. The lowest BCUT2D eigenvalue weighted by Crippen LogP contribution is -2.40. The van der Waals surface area contributed by atoms with Gasteiger partial charge in [0.25, 0.3) is 5.91 Å². The van der Waals surface area contributed by atoms with Crippen LogP contribution in [0.15, 0.2) is 71.8 Å². The van der Waals surface area contributed by atoms with Crippen molar-refractivity contribution >= 4 is 28.9 Å². The van der Waals surface area contributed by atoms with Gasteiger partial charge in [-0.2, -0.15) is 5.10 Å². The number of nitrogens with zero attached hydrogens (tertiary/aromatic N) is 2. The van der Waals surface area contributed by atoms with Gasteiger partial charge in [0.2, 0.25) is 0 Å². The minimum absolute atomic E-state index is 0.412. The molecule has 1 heterocycles. The third kappa shape index (κ3) is 2.99. The molecule has 3 amide bonds. The van der Waals surface area contributed by atoms with Crippen molar-refractivity contribution in [3.63, 3.8) is 0 Å². The first-order chi connectivity index (χ1) is 13.5. The summed E-state index contributed by atoms with van der Waals surface area (Å²) in [4.78, 5) is 25.2. The molecule has 1 aliphatic heterocycles. The van der Waals surface area contributed by atoms with Crippen LogP contribution in [0.5, 0.6) is 5.75 Å². The number of imide groups is 1. The number of carbonyl (C=O) groups excluding carboxylic acids is 2. The summed E-state index contributed by atoms with van der Waals surface area (Å²) in [5.74, 6) is 0.374. The summed E-state index contributed by atoms with van der Waals surface area (Å²) >= 11 is 0. The van der Waals surface area contributed by atoms with E-state index in [-0.39, 0.29) is 0 Å². The Morgan fingerprint density at radius 2 is 1.71 bits per heavy atom. The Morgan fingerprint density at radius 1 is 1.00 bits per heavy atom. The molecule has 6 nitrogen and oxygen atoms in total. The molecule has 1 atom stereocenters. The number of benzene rings is 3. The van der Waals surface area contributed by atoms with Gasteiger partial charge in [0.05, 0.1) is 13.3 Å². The van der Waals surface area contributed by atoms with Crippen LogP contribution in [0.1, 0.15) is 18.1 Å². The SMILES string of the molecule is COc1ccc2cc(/C=N\N3C(=O)N[C@@](C)(c4ccccc4)C3=O)ccc2c1. The largest absolute Gasteiger partial charge is 0.497 e. The Morgan fingerprint density at radius 3 is 2.46 bits per heavy atom. The summed E-state index contributed by atoms with van der Waals surface area (Å²) in [6, 6.07) is 20.1. The lowest BCUT2D eigenvalue weighted by atomic mass is 9.92. The molecule has 0 unspecified atom stereocenters. The first-order valence-electron chi connectivity index (χ1n) is 8.85. The molecule has 0 aromatic heterocycles. The fourth-order valence-corrected chi connectivity index (χ4v) is 3.27. The number of hydrogen-bond donors (Lipinski definition) is 1. The Kier molecular flexibility index (Phi) is 4.31. The van der Waals surface area contributed by atoms with Gasteiger partial charge < -0.3 is 10.1 Å². The van der Waals surface area contributed by atoms with E-state index in [9.17, 15) is 9.59 Å². The zero-order valence-corrected chi connectivity index (χ0v) is 15.5. The lowest BCUT2D eigenvalue weighted by Gasteiger charge is -2.20. The quantitative estimate of drug-likeness (QED) is 0.561. The normalized spacial score (nSPS) is 19.4. The van der Waals surface area contributed by atoms with Crippen LogP contribution in [-0.2, 0) is 10.3 Å². The van der Waals surface area contributed by atoms with Gasteiger partial charge >= 0.3 is 6.03 Å². The fraction of sp³-hybridized carbons (Fsp3) is 0.136. The monoisotopic (exact) mass is 373 g/mol. The van der Waals surface area contributed by atoms with Gasteiger partial charge in [0, 0.05) is 0 Å². The van der Waals surface area contributed by atoms with E-state index in [1.165, 1.54) is 6.21 Å². The molecule has 6 heteroatoms. The van der Waals surface area contributed by atoms with Gasteiger partial charge in [-0.05, 0) is 47.0 Å². The number of amides is 3. The van der Waals surface area contributed by atoms with Crippen LogP contribution in [0.3, 0.4) is 0 Å². The number of hydrogen-bond acceptors (Lipinski definition) is 4. The standard InChI is InChI=1S/C22H19N3O3/c1-22(18-6-4-3-5-7-18)20(26)25(21(27)24-22)23-14-15-8-9-17-13-19(28-2)11-10-16(17)12-15/h3-14H,1-2H3,(H,24,27)/b23-14-/t22-/m0/s1. The van der Waals surface area contributed by atoms with Crippen LogP contribution in [0.4, 0.5) is 4.79 Å². The van der Waals surface area contributed by atoms with Crippen LogP contribution in [-0.4, -0.2) is 30.3 Å². The summed E-state index contributed by atoms with van der Waals surface area (Å²) in [5.41, 5.74) is 0.368. The average Bonchev–Trinajstić information content (AvgIpc) is 2.95. The molecule has 3 aromatic carbocycles. The van der Waals surface area contributed by atoms with Crippen molar-refractivity contribution in [2.75, 3.05) is 7.11 Å². The van der Waals surface area contributed by atoms with Crippen LogP contribution >= 0.6 is 0 Å². The van der Waals surface area contributed by atoms with Crippen LogP contribution in [0.25, 0.3) is 10.8 Å². The van der Waals surface area contributed by atoms with Crippen LogP contribution in [0.2, 0.25) is 0 Å². The molecular weight excluding hydrogens is 354 g/mol. The molecule has 0 radical (unpaired) electrons. The maximum atomic E-state index is 12.9. The summed E-state index contributed by atoms with van der Waals surface area (Å²) in [5, 5.41) is 9.79. The van der Waals surface area contributed by atoms with Crippen molar-refractivity contribution in [1.29, 1.82) is 0 Å². The van der Waals surface area contributed by atoms with Crippen molar-refractivity contribution in [1.82, 2.24) is 10.3 Å². The summed E-state index contributed by atoms with van der Waals surface area (Å²) < 4.78 is 5.23. The number of fused-ring (bicyclic) bond motifs is 1. The Bertz CT molecular complexity index is 1090. The van der Waals surface area contributed by atoms with Gasteiger partial charge in [-0.1, -0.05) is 48.5 Å². The second kappa shape index (κ2) is 6.81. The van der Waals surface area contributed by atoms with E-state index < -0.39 is 17.5 Å². The lowest BCUT2D eigenvalue weighted by molar-refractivity contribution is -0.131. The van der Waals surface area contributed by atoms with E-state index in [2.05, 4.69) is 10.4 Å². The maximum Gasteiger partial charge on any atom is 0.346 e. The van der Waals surface area contributed by atoms with Gasteiger partial charge in [-0.25, -0.2) is 4.79 Å². The number of urea groups is 1. The Hall–Kier alpha value is -3.67. The first kappa shape index (κ1) is 17.7. The van der Waals surface area contributed by atoms with E-state index in [4.69, 9.17) is 4.74 Å². The summed E-state index contributed by atoms with van der Waals surface area (Å²) in [6.07, 6.45) is 1.51. The topological polar surface area (TPSA) is 71.0 Å². The Labute approximate surface area is 162 Å². The number of hydrazone groups is 1. The minimum Gasteiger partial charge on any atom is -0.497 e. The summed E-state index contributed by atoms with van der Waals surface area (Å²) in [6.45, 7) is 1.68. The third-order valence-electron chi connectivity index (χ3n) is 4.91. The van der Waals surface area contributed by atoms with Gasteiger partial charge in [0.1, 0.15) is 11.3 Å². The molecule has 0 saturated carbocycles. The van der Waals surface area contributed by atoms with Crippen molar-refractivity contribution < 1.29 is 14.3 Å². The highest BCUT2D eigenvalue weighted by atomic mass is 16.5. The van der Waals surface area contributed by atoms with E-state index in [1.54, 1.807) is 14.0 Å². The van der Waals surface area contributed by atoms with E-state index in [0.717, 1.165) is 27.1 Å². The molecular formula is C22H19N3O3.